The molecule has 2 rings (SSSR count). The van der Waals surface area contributed by atoms with Gasteiger partial charge >= 0.3 is 0 Å². The van der Waals surface area contributed by atoms with Crippen LogP contribution in [0.2, 0.25) is 0 Å². The van der Waals surface area contributed by atoms with E-state index < -0.39 is 0 Å². The van der Waals surface area contributed by atoms with Gasteiger partial charge in [-0.05, 0) is 31.4 Å². The summed E-state index contributed by atoms with van der Waals surface area (Å²) in [6.07, 6.45) is 48.1. The van der Waals surface area contributed by atoms with Gasteiger partial charge in [-0.1, -0.05) is 205 Å². The molecule has 254 valence electrons. The SMILES string of the molecule is CCCCCCCCCCCCCCCCCN1C=CN(c2ccccc2)C1CCCCCCCCCCCCCCCC. The predicted molar refractivity (Wildman–Crippen MR) is 198 cm³/mol. The average molecular weight is 609 g/mol. The smallest absolute Gasteiger partial charge is 0.105 e. The van der Waals surface area contributed by atoms with Crippen molar-refractivity contribution in [2.45, 2.75) is 213 Å². The van der Waals surface area contributed by atoms with Gasteiger partial charge in [-0.15, -0.1) is 0 Å². The minimum absolute atomic E-state index is 0.501. The zero-order chi connectivity index (χ0) is 31.2. The number of para-hydroxylation sites is 1. The Bertz CT molecular complexity index is 743. The van der Waals surface area contributed by atoms with Crippen molar-refractivity contribution in [1.29, 1.82) is 0 Å². The molecule has 0 N–H and O–H groups in total. The van der Waals surface area contributed by atoms with E-state index in [0.717, 1.165) is 0 Å². The van der Waals surface area contributed by atoms with Gasteiger partial charge in [0, 0.05) is 24.6 Å². The van der Waals surface area contributed by atoms with Crippen molar-refractivity contribution in [3.8, 4) is 0 Å². The summed E-state index contributed by atoms with van der Waals surface area (Å²) in [7, 11) is 0. The highest BCUT2D eigenvalue weighted by Gasteiger charge is 2.26. The Morgan fingerprint density at radius 2 is 0.773 bits per heavy atom. The first-order valence-corrected chi connectivity index (χ1v) is 20.1. The quantitative estimate of drug-likeness (QED) is 0.0751. The summed E-state index contributed by atoms with van der Waals surface area (Å²) in [5, 5.41) is 0. The molecule has 2 heteroatoms. The maximum atomic E-state index is 2.65. The van der Waals surface area contributed by atoms with Crippen LogP contribution in [0.25, 0.3) is 0 Å². The summed E-state index contributed by atoms with van der Waals surface area (Å²) in [5.41, 5.74) is 1.35. The van der Waals surface area contributed by atoms with Crippen molar-refractivity contribution in [2.24, 2.45) is 0 Å². The lowest BCUT2D eigenvalue weighted by molar-refractivity contribution is 0.273. The van der Waals surface area contributed by atoms with Gasteiger partial charge in [0.05, 0.1) is 0 Å². The Labute approximate surface area is 276 Å². The van der Waals surface area contributed by atoms with Crippen LogP contribution in [0.3, 0.4) is 0 Å². The van der Waals surface area contributed by atoms with Gasteiger partial charge in [0.25, 0.3) is 0 Å². The normalized spacial score (nSPS) is 14.7. The molecule has 0 saturated carbocycles. The Morgan fingerprint density at radius 3 is 1.18 bits per heavy atom. The zero-order valence-electron chi connectivity index (χ0n) is 29.9. The first-order valence-electron chi connectivity index (χ1n) is 20.1. The number of rotatable bonds is 32. The van der Waals surface area contributed by atoms with Gasteiger partial charge < -0.3 is 9.80 Å². The lowest BCUT2D eigenvalue weighted by Gasteiger charge is -2.33. The van der Waals surface area contributed by atoms with Gasteiger partial charge in [-0.3, -0.25) is 0 Å². The third kappa shape index (κ3) is 19.8. The van der Waals surface area contributed by atoms with E-state index in [4.69, 9.17) is 0 Å². The summed E-state index contributed by atoms with van der Waals surface area (Å²) in [5.74, 6) is 0. The molecular weight excluding hydrogens is 532 g/mol. The topological polar surface area (TPSA) is 6.48 Å². The van der Waals surface area contributed by atoms with Gasteiger partial charge in [-0.2, -0.15) is 0 Å². The van der Waals surface area contributed by atoms with Gasteiger partial charge in [0.15, 0.2) is 0 Å². The Hall–Kier alpha value is -1.44. The van der Waals surface area contributed by atoms with Crippen LogP contribution in [-0.4, -0.2) is 17.6 Å². The minimum Gasteiger partial charge on any atom is -0.356 e. The van der Waals surface area contributed by atoms with E-state index >= 15 is 0 Å². The van der Waals surface area contributed by atoms with Gasteiger partial charge in [-0.25, -0.2) is 0 Å². The Morgan fingerprint density at radius 1 is 0.409 bits per heavy atom. The lowest BCUT2D eigenvalue weighted by Crippen LogP contribution is -2.39. The van der Waals surface area contributed by atoms with E-state index in [-0.39, 0.29) is 0 Å². The van der Waals surface area contributed by atoms with Crippen molar-refractivity contribution in [3.05, 3.63) is 42.7 Å². The fraction of sp³-hybridized carbons (Fsp3) is 0.810. The van der Waals surface area contributed by atoms with E-state index in [1.165, 1.54) is 205 Å². The number of anilines is 1. The van der Waals surface area contributed by atoms with E-state index in [1.807, 2.05) is 0 Å². The molecule has 1 aromatic carbocycles. The first-order chi connectivity index (χ1) is 21.9. The summed E-state index contributed by atoms with van der Waals surface area (Å²) in [4.78, 5) is 5.19. The summed E-state index contributed by atoms with van der Waals surface area (Å²) < 4.78 is 0. The molecule has 1 aliphatic heterocycles. The van der Waals surface area contributed by atoms with Crippen LogP contribution in [0.5, 0.6) is 0 Å². The fourth-order valence-corrected chi connectivity index (χ4v) is 7.09. The molecule has 0 amide bonds. The second kappa shape index (κ2) is 29.0. The molecule has 0 radical (unpaired) electrons. The standard InChI is InChI=1S/C42H76N2/c1-3-5-7-9-11-13-15-17-19-21-23-25-27-29-34-38-43-39-40-44(41-35-31-30-32-36-41)42(43)37-33-28-26-24-22-20-18-16-14-12-10-8-6-4-2/h30-32,35-36,39-40,42H,3-29,33-34,37-38H2,1-2H3. The molecule has 0 fully saturated rings. The second-order valence-electron chi connectivity index (χ2n) is 14.1. The van der Waals surface area contributed by atoms with Crippen molar-refractivity contribution >= 4 is 5.69 Å². The molecule has 0 aliphatic carbocycles. The summed E-state index contributed by atoms with van der Waals surface area (Å²) >= 11 is 0. The van der Waals surface area contributed by atoms with Crippen LogP contribution in [0.15, 0.2) is 42.7 Å². The fourth-order valence-electron chi connectivity index (χ4n) is 7.09. The third-order valence-corrected chi connectivity index (χ3v) is 10.0. The first kappa shape index (κ1) is 38.7. The van der Waals surface area contributed by atoms with Crippen molar-refractivity contribution < 1.29 is 0 Å². The maximum absolute atomic E-state index is 2.65. The third-order valence-electron chi connectivity index (χ3n) is 10.0. The van der Waals surface area contributed by atoms with Crippen LogP contribution < -0.4 is 4.90 Å². The number of benzene rings is 1. The van der Waals surface area contributed by atoms with E-state index in [1.54, 1.807) is 0 Å². The number of unbranched alkanes of at least 4 members (excludes halogenated alkanes) is 27. The summed E-state index contributed by atoms with van der Waals surface area (Å²) in [6, 6.07) is 11.1. The molecular formula is C42H76N2. The van der Waals surface area contributed by atoms with Crippen LogP contribution in [0, 0.1) is 0 Å². The zero-order valence-corrected chi connectivity index (χ0v) is 29.9. The monoisotopic (exact) mass is 609 g/mol. The molecule has 1 aromatic rings. The highest BCUT2D eigenvalue weighted by molar-refractivity contribution is 5.51. The van der Waals surface area contributed by atoms with Crippen LogP contribution >= 0.6 is 0 Å². The molecule has 1 heterocycles. The Balaban J connectivity index is 1.51. The molecule has 44 heavy (non-hydrogen) atoms. The number of hydrogen-bond donors (Lipinski definition) is 0. The highest BCUT2D eigenvalue weighted by Crippen LogP contribution is 2.28. The van der Waals surface area contributed by atoms with Crippen LogP contribution in [0.1, 0.15) is 206 Å². The van der Waals surface area contributed by atoms with E-state index in [0.29, 0.717) is 6.17 Å². The molecule has 1 atom stereocenters. The van der Waals surface area contributed by atoms with Crippen molar-refractivity contribution in [1.82, 2.24) is 4.90 Å². The largest absolute Gasteiger partial charge is 0.356 e. The minimum atomic E-state index is 0.501. The molecule has 0 bridgehead atoms. The van der Waals surface area contributed by atoms with Crippen LogP contribution in [-0.2, 0) is 0 Å². The van der Waals surface area contributed by atoms with Crippen LogP contribution in [0.4, 0.5) is 5.69 Å². The van der Waals surface area contributed by atoms with Gasteiger partial charge in [0.1, 0.15) is 6.17 Å². The van der Waals surface area contributed by atoms with E-state index in [2.05, 4.69) is 66.4 Å². The lowest BCUT2D eigenvalue weighted by atomic mass is 10.0. The molecule has 2 nitrogen and oxygen atoms in total. The average Bonchev–Trinajstić information content (AvgIpc) is 3.45. The molecule has 1 unspecified atom stereocenters. The highest BCUT2D eigenvalue weighted by atomic mass is 15.4. The van der Waals surface area contributed by atoms with E-state index in [9.17, 15) is 0 Å². The maximum Gasteiger partial charge on any atom is 0.105 e. The Kier molecular flexibility index (Phi) is 25.5. The van der Waals surface area contributed by atoms with Gasteiger partial charge in [0.2, 0.25) is 0 Å². The molecule has 0 saturated heterocycles. The molecule has 0 spiro atoms. The number of nitrogens with zero attached hydrogens (tertiary/aromatic N) is 2. The predicted octanol–water partition coefficient (Wildman–Crippen LogP) is 14.3. The van der Waals surface area contributed by atoms with Crippen molar-refractivity contribution in [3.63, 3.8) is 0 Å². The molecule has 0 aromatic heterocycles. The number of hydrogen-bond acceptors (Lipinski definition) is 2. The second-order valence-corrected chi connectivity index (χ2v) is 14.1. The van der Waals surface area contributed by atoms with Crippen molar-refractivity contribution in [2.75, 3.05) is 11.4 Å². The summed E-state index contributed by atoms with van der Waals surface area (Å²) in [6.45, 7) is 5.83. The molecule has 1 aliphatic rings.